The van der Waals surface area contributed by atoms with Gasteiger partial charge in [-0.05, 0) is 49.7 Å². The van der Waals surface area contributed by atoms with Gasteiger partial charge in [0.05, 0.1) is 10.6 Å². The van der Waals surface area contributed by atoms with Gasteiger partial charge in [-0.15, -0.1) is 0 Å². The molecule has 0 aliphatic rings. The number of carbonyl (C=O) groups excluding carboxylic acids is 1. The molecule has 0 aromatic heterocycles. The van der Waals surface area contributed by atoms with E-state index in [-0.39, 0.29) is 16.5 Å². The van der Waals surface area contributed by atoms with E-state index in [4.69, 9.17) is 4.74 Å². The zero-order chi connectivity index (χ0) is 19.0. The highest BCUT2D eigenvalue weighted by Crippen LogP contribution is 2.19. The summed E-state index contributed by atoms with van der Waals surface area (Å²) < 4.78 is 45.6. The fraction of sp³-hybridized carbons (Fsp3) is 0.278. The van der Waals surface area contributed by atoms with Crippen LogP contribution in [-0.2, 0) is 14.8 Å². The quantitative estimate of drug-likeness (QED) is 0.655. The van der Waals surface area contributed by atoms with E-state index in [0.29, 0.717) is 31.7 Å². The summed E-state index contributed by atoms with van der Waals surface area (Å²) in [5, 5.41) is 2.73. The number of hydrogen-bond donors (Lipinski definition) is 2. The third-order valence-corrected chi connectivity index (χ3v) is 4.88. The van der Waals surface area contributed by atoms with E-state index in [2.05, 4.69) is 10.0 Å². The number of carbonyl (C=O) groups is 1. The van der Waals surface area contributed by atoms with E-state index in [9.17, 15) is 17.6 Å². The van der Waals surface area contributed by atoms with Crippen LogP contribution in [0.15, 0.2) is 53.4 Å². The van der Waals surface area contributed by atoms with Gasteiger partial charge in [-0.3, -0.25) is 9.52 Å². The van der Waals surface area contributed by atoms with Gasteiger partial charge >= 0.3 is 0 Å². The van der Waals surface area contributed by atoms with Crippen molar-refractivity contribution in [2.45, 2.75) is 18.2 Å². The normalized spacial score (nSPS) is 11.2. The second-order valence-corrected chi connectivity index (χ2v) is 7.10. The SMILES string of the molecule is CCOCCCNC(=O)c1ccc(S(=O)(=O)Nc2ccccc2F)cc1. The van der Waals surface area contributed by atoms with Crippen molar-refractivity contribution in [3.8, 4) is 0 Å². The first kappa shape index (κ1) is 19.9. The summed E-state index contributed by atoms with van der Waals surface area (Å²) in [6, 6.07) is 10.9. The zero-order valence-corrected chi connectivity index (χ0v) is 15.2. The molecular weight excluding hydrogens is 359 g/mol. The Balaban J connectivity index is 1.99. The molecule has 0 spiro atoms. The van der Waals surface area contributed by atoms with Crippen molar-refractivity contribution in [3.05, 3.63) is 59.9 Å². The molecule has 2 N–H and O–H groups in total. The predicted molar refractivity (Wildman–Crippen MR) is 97.1 cm³/mol. The first-order valence-electron chi connectivity index (χ1n) is 8.17. The molecule has 0 heterocycles. The Morgan fingerprint density at radius 1 is 1.12 bits per heavy atom. The van der Waals surface area contributed by atoms with E-state index in [0.717, 1.165) is 6.07 Å². The molecule has 1 amide bonds. The van der Waals surface area contributed by atoms with Crippen LogP contribution < -0.4 is 10.0 Å². The lowest BCUT2D eigenvalue weighted by molar-refractivity contribution is 0.0944. The number of hydrogen-bond acceptors (Lipinski definition) is 4. The molecule has 26 heavy (non-hydrogen) atoms. The van der Waals surface area contributed by atoms with Gasteiger partial charge in [-0.2, -0.15) is 0 Å². The van der Waals surface area contributed by atoms with Gasteiger partial charge in [0, 0.05) is 25.3 Å². The lowest BCUT2D eigenvalue weighted by Gasteiger charge is -2.10. The average molecular weight is 380 g/mol. The van der Waals surface area contributed by atoms with Crippen molar-refractivity contribution in [2.24, 2.45) is 0 Å². The Bertz CT molecular complexity index is 839. The number of nitrogens with one attached hydrogen (secondary N) is 2. The van der Waals surface area contributed by atoms with Crippen molar-refractivity contribution < 1.29 is 22.3 Å². The van der Waals surface area contributed by atoms with Crippen molar-refractivity contribution in [1.29, 1.82) is 0 Å². The van der Waals surface area contributed by atoms with Crippen LogP contribution in [0.5, 0.6) is 0 Å². The largest absolute Gasteiger partial charge is 0.382 e. The minimum atomic E-state index is -3.94. The lowest BCUT2D eigenvalue weighted by Crippen LogP contribution is -2.25. The standard InChI is InChI=1S/C18H21FN2O4S/c1-2-25-13-5-12-20-18(22)14-8-10-15(11-9-14)26(23,24)21-17-7-4-3-6-16(17)19/h3-4,6-11,21H,2,5,12-13H2,1H3,(H,20,22). The van der Waals surface area contributed by atoms with E-state index in [1.807, 2.05) is 6.92 Å². The van der Waals surface area contributed by atoms with Crippen LogP contribution in [0.1, 0.15) is 23.7 Å². The maximum atomic E-state index is 13.6. The summed E-state index contributed by atoms with van der Waals surface area (Å²) in [5.74, 6) is -0.966. The predicted octanol–water partition coefficient (Wildman–Crippen LogP) is 2.78. The maximum Gasteiger partial charge on any atom is 0.261 e. The van der Waals surface area contributed by atoms with Gasteiger partial charge < -0.3 is 10.1 Å². The number of benzene rings is 2. The number of para-hydroxylation sites is 1. The Morgan fingerprint density at radius 3 is 2.46 bits per heavy atom. The maximum absolute atomic E-state index is 13.6. The fourth-order valence-electron chi connectivity index (χ4n) is 2.16. The van der Waals surface area contributed by atoms with Crippen molar-refractivity contribution in [2.75, 3.05) is 24.5 Å². The number of amides is 1. The molecule has 0 aliphatic carbocycles. The fourth-order valence-corrected chi connectivity index (χ4v) is 3.22. The first-order chi connectivity index (χ1) is 12.4. The Labute approximate surface area is 152 Å². The Hall–Kier alpha value is -2.45. The van der Waals surface area contributed by atoms with Gasteiger partial charge in [0.15, 0.2) is 0 Å². The van der Waals surface area contributed by atoms with Gasteiger partial charge in [0.2, 0.25) is 0 Å². The third-order valence-electron chi connectivity index (χ3n) is 3.50. The molecule has 0 fully saturated rings. The van der Waals surface area contributed by atoms with Gasteiger partial charge in [0.25, 0.3) is 15.9 Å². The smallest absolute Gasteiger partial charge is 0.261 e. The molecule has 6 nitrogen and oxygen atoms in total. The molecule has 0 radical (unpaired) electrons. The summed E-state index contributed by atoms with van der Waals surface area (Å²) >= 11 is 0. The molecular formula is C18H21FN2O4S. The number of sulfonamides is 1. The molecule has 2 aromatic rings. The Morgan fingerprint density at radius 2 is 1.81 bits per heavy atom. The molecule has 140 valence electrons. The zero-order valence-electron chi connectivity index (χ0n) is 14.4. The van der Waals surface area contributed by atoms with Crippen molar-refractivity contribution in [1.82, 2.24) is 5.32 Å². The van der Waals surface area contributed by atoms with Crippen LogP contribution in [0.3, 0.4) is 0 Å². The molecule has 2 aromatic carbocycles. The molecule has 0 unspecified atom stereocenters. The monoisotopic (exact) mass is 380 g/mol. The van der Waals surface area contributed by atoms with E-state index >= 15 is 0 Å². The van der Waals surface area contributed by atoms with Crippen LogP contribution >= 0.6 is 0 Å². The van der Waals surface area contributed by atoms with Crippen LogP contribution in [0.2, 0.25) is 0 Å². The lowest BCUT2D eigenvalue weighted by atomic mass is 10.2. The summed E-state index contributed by atoms with van der Waals surface area (Å²) in [4.78, 5) is 11.9. The van der Waals surface area contributed by atoms with E-state index in [1.54, 1.807) is 0 Å². The molecule has 2 rings (SSSR count). The first-order valence-corrected chi connectivity index (χ1v) is 9.65. The molecule has 0 bridgehead atoms. The summed E-state index contributed by atoms with van der Waals surface area (Å²) in [6.07, 6.45) is 0.693. The van der Waals surface area contributed by atoms with Crippen molar-refractivity contribution in [3.63, 3.8) is 0 Å². The van der Waals surface area contributed by atoms with E-state index < -0.39 is 15.8 Å². The summed E-state index contributed by atoms with van der Waals surface area (Å²) in [5.41, 5.74) is 0.204. The number of halogens is 1. The van der Waals surface area contributed by atoms with Crippen LogP contribution in [-0.4, -0.2) is 34.1 Å². The Kier molecular flexibility index (Phi) is 7.11. The highest BCUT2D eigenvalue weighted by atomic mass is 32.2. The number of ether oxygens (including phenoxy) is 1. The van der Waals surface area contributed by atoms with Gasteiger partial charge in [0.1, 0.15) is 5.82 Å². The van der Waals surface area contributed by atoms with E-state index in [1.165, 1.54) is 42.5 Å². The second kappa shape index (κ2) is 9.30. The van der Waals surface area contributed by atoms with Crippen LogP contribution in [0.4, 0.5) is 10.1 Å². The molecule has 0 saturated heterocycles. The van der Waals surface area contributed by atoms with Crippen LogP contribution in [0.25, 0.3) is 0 Å². The minimum absolute atomic E-state index is 0.0614. The average Bonchev–Trinajstić information content (AvgIpc) is 2.63. The van der Waals surface area contributed by atoms with Crippen LogP contribution in [0, 0.1) is 5.82 Å². The third kappa shape index (κ3) is 5.53. The van der Waals surface area contributed by atoms with Gasteiger partial charge in [-0.25, -0.2) is 12.8 Å². The summed E-state index contributed by atoms with van der Waals surface area (Å²) in [6.45, 7) is 3.56. The van der Waals surface area contributed by atoms with Gasteiger partial charge in [-0.1, -0.05) is 12.1 Å². The minimum Gasteiger partial charge on any atom is -0.382 e. The molecule has 0 atom stereocenters. The molecule has 0 aliphatic heterocycles. The number of anilines is 1. The van der Waals surface area contributed by atoms with Crippen molar-refractivity contribution >= 4 is 21.6 Å². The number of rotatable bonds is 9. The highest BCUT2D eigenvalue weighted by molar-refractivity contribution is 7.92. The summed E-state index contributed by atoms with van der Waals surface area (Å²) in [7, 11) is -3.94. The highest BCUT2D eigenvalue weighted by Gasteiger charge is 2.16. The molecule has 0 saturated carbocycles. The topological polar surface area (TPSA) is 84.5 Å². The second-order valence-electron chi connectivity index (χ2n) is 5.42. The molecule has 8 heteroatoms.